The first-order valence-electron chi connectivity index (χ1n) is 5.03. The van der Waals surface area contributed by atoms with E-state index in [4.69, 9.17) is 23.2 Å². The monoisotopic (exact) mass is 470 g/mol. The van der Waals surface area contributed by atoms with Crippen molar-refractivity contribution in [2.75, 3.05) is 0 Å². The lowest BCUT2D eigenvalue weighted by Gasteiger charge is -2.14. The Kier molecular flexibility index (Phi) is 5.18. The molecule has 0 aliphatic rings. The molecule has 0 amide bonds. The van der Waals surface area contributed by atoms with Crippen molar-refractivity contribution in [1.29, 1.82) is 0 Å². The number of alkyl halides is 1. The quantitative estimate of drug-likeness (QED) is 0.414. The van der Waals surface area contributed by atoms with Crippen molar-refractivity contribution >= 4 is 71.0 Å². The van der Waals surface area contributed by atoms with Crippen molar-refractivity contribution in [3.05, 3.63) is 66.0 Å². The molecule has 0 radical (unpaired) electrons. The zero-order valence-corrected chi connectivity index (χ0v) is 15.2. The first-order valence-corrected chi connectivity index (χ1v) is 8.22. The van der Waals surface area contributed by atoms with Gasteiger partial charge in [-0.05, 0) is 41.5 Å². The largest absolute Gasteiger partial charge is 0.113 e. The molecule has 18 heavy (non-hydrogen) atoms. The summed E-state index contributed by atoms with van der Waals surface area (Å²) in [6, 6.07) is 11.5. The highest BCUT2D eigenvalue weighted by Gasteiger charge is 2.17. The Bertz CT molecular complexity index is 584. The van der Waals surface area contributed by atoms with Crippen molar-refractivity contribution in [2.24, 2.45) is 0 Å². The van der Waals surface area contributed by atoms with Crippen LogP contribution >= 0.6 is 71.0 Å². The zero-order valence-electron chi connectivity index (χ0n) is 8.93. The summed E-state index contributed by atoms with van der Waals surface area (Å²) in [5.41, 5.74) is 1.99. The lowest BCUT2D eigenvalue weighted by Crippen LogP contribution is -1.96. The molecule has 2 aromatic carbocycles. The van der Waals surface area contributed by atoms with Crippen molar-refractivity contribution in [2.45, 2.75) is 5.38 Å². The topological polar surface area (TPSA) is 0 Å². The molecular weight excluding hydrogens is 467 g/mol. The van der Waals surface area contributed by atoms with Gasteiger partial charge in [0.25, 0.3) is 0 Å². The fraction of sp³-hybridized carbons (Fsp3) is 0.0769. The number of hydrogen-bond acceptors (Lipinski definition) is 0. The van der Waals surface area contributed by atoms with Crippen LogP contribution in [-0.4, -0.2) is 0 Å². The minimum Gasteiger partial charge on any atom is -0.113 e. The molecule has 0 fully saturated rings. The van der Waals surface area contributed by atoms with Gasteiger partial charge in [0.2, 0.25) is 0 Å². The average Bonchev–Trinajstić information content (AvgIpc) is 2.31. The molecule has 0 bridgehead atoms. The molecule has 94 valence electrons. The van der Waals surface area contributed by atoms with E-state index in [9.17, 15) is 0 Å². The van der Waals surface area contributed by atoms with Gasteiger partial charge in [-0.3, -0.25) is 0 Å². The summed E-state index contributed by atoms with van der Waals surface area (Å²) in [7, 11) is 0. The molecule has 0 saturated heterocycles. The highest BCUT2D eigenvalue weighted by atomic mass is 79.9. The van der Waals surface area contributed by atoms with E-state index in [2.05, 4.69) is 47.8 Å². The molecule has 0 aliphatic heterocycles. The molecule has 0 heterocycles. The molecule has 1 atom stereocenters. The molecule has 0 spiro atoms. The van der Waals surface area contributed by atoms with Crippen LogP contribution in [0.3, 0.4) is 0 Å². The van der Waals surface area contributed by atoms with E-state index >= 15 is 0 Å². The third-order valence-corrected chi connectivity index (χ3v) is 5.07. The van der Waals surface area contributed by atoms with Gasteiger partial charge in [-0.15, -0.1) is 11.6 Å². The molecule has 0 N–H and O–H groups in total. The first kappa shape index (κ1) is 14.9. The van der Waals surface area contributed by atoms with Gasteiger partial charge >= 0.3 is 0 Å². The Labute approximate surface area is 141 Å². The van der Waals surface area contributed by atoms with Crippen molar-refractivity contribution in [3.8, 4) is 0 Å². The molecule has 0 saturated carbocycles. The van der Waals surface area contributed by atoms with E-state index < -0.39 is 0 Å². The van der Waals surface area contributed by atoms with Gasteiger partial charge in [-0.2, -0.15) is 0 Å². The van der Waals surface area contributed by atoms with Crippen LogP contribution in [0.15, 0.2) is 49.8 Å². The highest BCUT2D eigenvalue weighted by molar-refractivity contribution is 9.11. The fourth-order valence-electron chi connectivity index (χ4n) is 1.58. The summed E-state index contributed by atoms with van der Waals surface area (Å²) in [5, 5.41) is 0.436. The predicted molar refractivity (Wildman–Crippen MR) is 88.7 cm³/mol. The van der Waals surface area contributed by atoms with Gasteiger partial charge in [0.1, 0.15) is 0 Å². The van der Waals surface area contributed by atoms with Crippen LogP contribution in [0, 0.1) is 0 Å². The van der Waals surface area contributed by atoms with E-state index in [-0.39, 0.29) is 5.38 Å². The van der Waals surface area contributed by atoms with Crippen LogP contribution in [0.4, 0.5) is 0 Å². The van der Waals surface area contributed by atoms with Crippen molar-refractivity contribution in [1.82, 2.24) is 0 Å². The van der Waals surface area contributed by atoms with Crippen LogP contribution in [0.5, 0.6) is 0 Å². The van der Waals surface area contributed by atoms with E-state index in [0.717, 1.165) is 24.5 Å². The summed E-state index contributed by atoms with van der Waals surface area (Å²) >= 11 is 22.9. The van der Waals surface area contributed by atoms with Crippen LogP contribution in [-0.2, 0) is 0 Å². The smallest absolute Gasteiger partial charge is 0.0857 e. The predicted octanol–water partition coefficient (Wildman–Crippen LogP) is 6.96. The van der Waals surface area contributed by atoms with Crippen molar-refractivity contribution < 1.29 is 0 Å². The summed E-state index contributed by atoms with van der Waals surface area (Å²) in [4.78, 5) is 0. The van der Waals surface area contributed by atoms with E-state index in [1.807, 2.05) is 36.4 Å². The third-order valence-electron chi connectivity index (χ3n) is 2.47. The maximum Gasteiger partial charge on any atom is 0.0857 e. The SMILES string of the molecule is Clc1ccc(C(Cl)c2cc(Br)ccc2Br)c(Br)c1. The first-order chi connectivity index (χ1) is 8.49. The summed E-state index contributed by atoms with van der Waals surface area (Å²) in [6.45, 7) is 0. The van der Waals surface area contributed by atoms with E-state index in [1.54, 1.807) is 0 Å². The Hall–Kier alpha value is 0.460. The summed E-state index contributed by atoms with van der Waals surface area (Å²) in [5.74, 6) is 0. The normalized spacial score (nSPS) is 12.5. The minimum absolute atomic E-state index is 0.247. The molecule has 0 aliphatic carbocycles. The maximum absolute atomic E-state index is 6.54. The standard InChI is InChI=1S/C13H7Br3Cl2/c14-7-1-4-11(15)10(5-7)13(18)9-3-2-8(17)6-12(9)16/h1-6,13H. The second kappa shape index (κ2) is 6.27. The van der Waals surface area contributed by atoms with Crippen LogP contribution in [0.25, 0.3) is 0 Å². The average molecular weight is 474 g/mol. The van der Waals surface area contributed by atoms with Gasteiger partial charge in [0, 0.05) is 18.4 Å². The van der Waals surface area contributed by atoms with Crippen molar-refractivity contribution in [3.63, 3.8) is 0 Å². The van der Waals surface area contributed by atoms with Gasteiger partial charge in [0.05, 0.1) is 5.38 Å². The van der Waals surface area contributed by atoms with Gasteiger partial charge in [-0.1, -0.05) is 65.5 Å². The van der Waals surface area contributed by atoms with E-state index in [0.29, 0.717) is 5.02 Å². The molecule has 5 heteroatoms. The van der Waals surface area contributed by atoms with Crippen LogP contribution in [0.2, 0.25) is 5.02 Å². The summed E-state index contributed by atoms with van der Waals surface area (Å²) < 4.78 is 2.88. The van der Waals surface area contributed by atoms with Gasteiger partial charge in [-0.25, -0.2) is 0 Å². The molecule has 0 nitrogen and oxygen atoms in total. The fourth-order valence-corrected chi connectivity index (χ4v) is 3.98. The Morgan fingerprint density at radius 1 is 0.833 bits per heavy atom. The number of hydrogen-bond donors (Lipinski definition) is 0. The minimum atomic E-state index is -0.247. The molecule has 2 rings (SSSR count). The lowest BCUT2D eigenvalue weighted by molar-refractivity contribution is 1.11. The highest BCUT2D eigenvalue weighted by Crippen LogP contribution is 2.39. The lowest BCUT2D eigenvalue weighted by atomic mass is 10.0. The summed E-state index contributed by atoms with van der Waals surface area (Å²) in [6.07, 6.45) is 0. The van der Waals surface area contributed by atoms with Crippen LogP contribution < -0.4 is 0 Å². The molecule has 0 aromatic heterocycles. The van der Waals surface area contributed by atoms with Gasteiger partial charge < -0.3 is 0 Å². The maximum atomic E-state index is 6.54. The van der Waals surface area contributed by atoms with Gasteiger partial charge in [0.15, 0.2) is 0 Å². The number of rotatable bonds is 2. The third kappa shape index (κ3) is 3.31. The number of halogens is 5. The molecular formula is C13H7Br3Cl2. The molecule has 1 unspecified atom stereocenters. The van der Waals surface area contributed by atoms with E-state index in [1.165, 1.54) is 0 Å². The Morgan fingerprint density at radius 3 is 2.22 bits per heavy atom. The second-order valence-electron chi connectivity index (χ2n) is 3.69. The zero-order chi connectivity index (χ0) is 13.3. The molecule has 2 aromatic rings. The number of benzene rings is 2. The second-order valence-corrected chi connectivity index (χ2v) is 7.19. The Morgan fingerprint density at radius 2 is 1.56 bits per heavy atom. The Balaban J connectivity index is 2.47. The van der Waals surface area contributed by atoms with Crippen LogP contribution in [0.1, 0.15) is 16.5 Å².